The molecular weight excluding hydrogens is 350 g/mol. The Morgan fingerprint density at radius 2 is 1.71 bits per heavy atom. The third-order valence-electron chi connectivity index (χ3n) is 10.9. The van der Waals surface area contributed by atoms with Crippen LogP contribution in [-0.4, -0.2) is 58.2 Å². The van der Waals surface area contributed by atoms with Gasteiger partial charge in [-0.25, -0.2) is 0 Å². The fourth-order valence-corrected chi connectivity index (χ4v) is 9.24. The van der Waals surface area contributed by atoms with Gasteiger partial charge in [0, 0.05) is 17.9 Å². The third-order valence-corrected chi connectivity index (χ3v) is 10.9. The largest absolute Gasteiger partial charge is 0.393 e. The summed E-state index contributed by atoms with van der Waals surface area (Å²) in [5, 5.41) is 21.8. The van der Waals surface area contributed by atoms with E-state index in [1.54, 1.807) is 0 Å². The maximum absolute atomic E-state index is 11.5. The fraction of sp³-hybridized carbons (Fsp3) is 1.00. The zero-order valence-corrected chi connectivity index (χ0v) is 17.8. The first-order chi connectivity index (χ1) is 13.4. The van der Waals surface area contributed by atoms with Crippen LogP contribution in [0.15, 0.2) is 0 Å². The quantitative estimate of drug-likeness (QED) is 0.676. The Morgan fingerprint density at radius 3 is 2.50 bits per heavy atom. The lowest BCUT2D eigenvalue weighted by molar-refractivity contribution is -0.123. The smallest absolute Gasteiger partial charge is 0.103 e. The Balaban J connectivity index is 1.30. The Labute approximate surface area is 170 Å². The summed E-state index contributed by atoms with van der Waals surface area (Å²) in [5.41, 5.74) is 0.293. The Morgan fingerprint density at radius 1 is 0.929 bits per heavy atom. The molecule has 1 spiro atoms. The van der Waals surface area contributed by atoms with E-state index in [9.17, 15) is 10.2 Å². The molecule has 6 rings (SSSR count). The van der Waals surface area contributed by atoms with Crippen LogP contribution in [-0.2, 0) is 4.74 Å². The molecule has 0 aromatic heterocycles. The lowest BCUT2D eigenvalue weighted by Crippen LogP contribution is -2.59. The van der Waals surface area contributed by atoms with Crippen molar-refractivity contribution in [3.8, 4) is 0 Å². The number of hydrogen-bond donors (Lipinski definition) is 2. The number of hydrogen-bond acceptors (Lipinski definition) is 4. The SMILES string of the molecule is C[C@]12CC[C@H]3[C@@H](C[C@@H]4O[C@@]45C[C@@H](O)CC[C@]35C)[C@@H]1C[C@H](N1CCCCC1)[C@@H]2O. The summed E-state index contributed by atoms with van der Waals surface area (Å²) in [5.74, 6) is 2.05. The third kappa shape index (κ3) is 2.22. The van der Waals surface area contributed by atoms with Crippen molar-refractivity contribution in [2.75, 3.05) is 13.1 Å². The molecule has 4 nitrogen and oxygen atoms in total. The van der Waals surface area contributed by atoms with Gasteiger partial charge in [0.05, 0.1) is 18.3 Å². The standard InChI is InChI=1S/C24H39NO3/c1-22-8-7-17-16(12-20-24(28-20)14-15(26)6-9-23(17,24)2)18(22)13-19(21(22)27)25-10-4-3-5-11-25/h15-21,26-27H,3-14H2,1-2H3/t15-,16+,17-,18-,19-,20-,21-,22-,23+,24-/m0/s1. The molecule has 0 radical (unpaired) electrons. The molecule has 2 aliphatic heterocycles. The summed E-state index contributed by atoms with van der Waals surface area (Å²) >= 11 is 0. The van der Waals surface area contributed by atoms with Crippen LogP contribution in [0.1, 0.15) is 78.1 Å². The number of aliphatic hydroxyl groups excluding tert-OH is 2. The number of nitrogens with zero attached hydrogens (tertiary/aromatic N) is 1. The molecule has 2 saturated heterocycles. The molecule has 4 heteroatoms. The van der Waals surface area contributed by atoms with Crippen LogP contribution in [0.25, 0.3) is 0 Å². The van der Waals surface area contributed by atoms with Gasteiger partial charge in [0.25, 0.3) is 0 Å². The minimum atomic E-state index is -0.166. The van der Waals surface area contributed by atoms with E-state index in [4.69, 9.17) is 4.74 Å². The molecule has 0 amide bonds. The second kappa shape index (κ2) is 5.96. The first-order valence-corrected chi connectivity index (χ1v) is 12.2. The Kier molecular flexibility index (Phi) is 3.96. The van der Waals surface area contributed by atoms with Crippen LogP contribution in [0, 0.1) is 28.6 Å². The van der Waals surface area contributed by atoms with E-state index in [1.807, 2.05) is 0 Å². The molecule has 10 atom stereocenters. The molecule has 6 aliphatic rings. The summed E-state index contributed by atoms with van der Waals surface area (Å²) in [6.45, 7) is 7.27. The highest BCUT2D eigenvalue weighted by Crippen LogP contribution is 2.73. The van der Waals surface area contributed by atoms with Crippen molar-refractivity contribution < 1.29 is 14.9 Å². The van der Waals surface area contributed by atoms with Gasteiger partial charge in [0.15, 0.2) is 0 Å². The lowest BCUT2D eigenvalue weighted by Gasteiger charge is -2.58. The molecule has 0 aromatic carbocycles. The van der Waals surface area contributed by atoms with E-state index in [1.165, 1.54) is 58.0 Å². The second-order valence-corrected chi connectivity index (χ2v) is 11.8. The molecule has 158 valence electrons. The fourth-order valence-electron chi connectivity index (χ4n) is 9.24. The van der Waals surface area contributed by atoms with Crippen molar-refractivity contribution in [3.63, 3.8) is 0 Å². The van der Waals surface area contributed by atoms with E-state index >= 15 is 0 Å². The van der Waals surface area contributed by atoms with Gasteiger partial charge in [-0.15, -0.1) is 0 Å². The maximum atomic E-state index is 11.5. The van der Waals surface area contributed by atoms with Gasteiger partial charge >= 0.3 is 0 Å². The second-order valence-electron chi connectivity index (χ2n) is 11.8. The van der Waals surface area contributed by atoms with Gasteiger partial charge in [-0.1, -0.05) is 20.3 Å². The molecule has 0 unspecified atom stereocenters. The Bertz CT molecular complexity index is 650. The van der Waals surface area contributed by atoms with Crippen LogP contribution >= 0.6 is 0 Å². The topological polar surface area (TPSA) is 56.2 Å². The first-order valence-electron chi connectivity index (χ1n) is 12.2. The van der Waals surface area contributed by atoms with Gasteiger partial charge in [-0.05, 0) is 87.6 Å². The van der Waals surface area contributed by atoms with E-state index in [-0.39, 0.29) is 28.6 Å². The maximum Gasteiger partial charge on any atom is 0.103 e. The van der Waals surface area contributed by atoms with Crippen LogP contribution in [0.3, 0.4) is 0 Å². The van der Waals surface area contributed by atoms with E-state index in [0.717, 1.165) is 19.3 Å². The van der Waals surface area contributed by atoms with Gasteiger partial charge in [0.2, 0.25) is 0 Å². The molecule has 4 aliphatic carbocycles. The van der Waals surface area contributed by atoms with E-state index in [2.05, 4.69) is 18.7 Å². The highest BCUT2D eigenvalue weighted by Gasteiger charge is 2.76. The molecule has 0 aromatic rings. The van der Waals surface area contributed by atoms with Crippen molar-refractivity contribution in [1.82, 2.24) is 4.90 Å². The van der Waals surface area contributed by atoms with Crippen LogP contribution in [0.2, 0.25) is 0 Å². The number of rotatable bonds is 1. The normalized spacial score (nSPS) is 61.1. The monoisotopic (exact) mass is 389 g/mol. The number of ether oxygens (including phenoxy) is 1. The number of likely N-dealkylation sites (tertiary alicyclic amines) is 1. The number of piperidine rings is 1. The molecule has 2 heterocycles. The van der Waals surface area contributed by atoms with Gasteiger partial charge in [-0.2, -0.15) is 0 Å². The summed E-state index contributed by atoms with van der Waals surface area (Å²) in [6.07, 6.45) is 11.7. The molecule has 2 N–H and O–H groups in total. The highest BCUT2D eigenvalue weighted by molar-refractivity contribution is 5.24. The van der Waals surface area contributed by atoms with E-state index < -0.39 is 0 Å². The van der Waals surface area contributed by atoms with Gasteiger partial charge in [0.1, 0.15) is 5.60 Å². The summed E-state index contributed by atoms with van der Waals surface area (Å²) in [7, 11) is 0. The van der Waals surface area contributed by atoms with Gasteiger partial charge in [-0.3, -0.25) is 4.90 Å². The summed E-state index contributed by atoms with van der Waals surface area (Å²) in [6, 6.07) is 0.377. The van der Waals surface area contributed by atoms with Crippen LogP contribution < -0.4 is 0 Å². The van der Waals surface area contributed by atoms with Crippen molar-refractivity contribution >= 4 is 0 Å². The average molecular weight is 390 g/mol. The zero-order valence-electron chi connectivity index (χ0n) is 17.8. The van der Waals surface area contributed by atoms with E-state index in [0.29, 0.717) is 29.9 Å². The summed E-state index contributed by atoms with van der Waals surface area (Å²) < 4.78 is 6.45. The number of aliphatic hydroxyl groups is 2. The molecular formula is C24H39NO3. The molecule has 28 heavy (non-hydrogen) atoms. The number of fused-ring (bicyclic) bond motifs is 4. The summed E-state index contributed by atoms with van der Waals surface area (Å²) in [4.78, 5) is 2.63. The first kappa shape index (κ1) is 18.6. The Hall–Kier alpha value is -0.160. The van der Waals surface area contributed by atoms with Crippen molar-refractivity contribution in [3.05, 3.63) is 0 Å². The minimum Gasteiger partial charge on any atom is -0.393 e. The average Bonchev–Trinajstić information content (AvgIpc) is 3.32. The molecule has 0 bridgehead atoms. The predicted octanol–water partition coefficient (Wildman–Crippen LogP) is 3.35. The minimum absolute atomic E-state index is 0.0247. The van der Waals surface area contributed by atoms with Crippen LogP contribution in [0.4, 0.5) is 0 Å². The van der Waals surface area contributed by atoms with Crippen molar-refractivity contribution in [2.24, 2.45) is 28.6 Å². The van der Waals surface area contributed by atoms with Crippen molar-refractivity contribution in [2.45, 2.75) is 108 Å². The zero-order chi connectivity index (χ0) is 19.3. The van der Waals surface area contributed by atoms with Crippen molar-refractivity contribution in [1.29, 1.82) is 0 Å². The predicted molar refractivity (Wildman–Crippen MR) is 108 cm³/mol. The van der Waals surface area contributed by atoms with Gasteiger partial charge < -0.3 is 14.9 Å². The molecule has 6 fully saturated rings. The van der Waals surface area contributed by atoms with Crippen LogP contribution in [0.5, 0.6) is 0 Å². The highest BCUT2D eigenvalue weighted by atomic mass is 16.6. The number of epoxide rings is 1. The lowest BCUT2D eigenvalue weighted by atomic mass is 9.45. The molecule has 4 saturated carbocycles.